The van der Waals surface area contributed by atoms with Crippen molar-refractivity contribution >= 4 is 12.4 Å². The summed E-state index contributed by atoms with van der Waals surface area (Å²) in [6.45, 7) is 6.17. The zero-order chi connectivity index (χ0) is 15.0. The predicted octanol–water partition coefficient (Wildman–Crippen LogP) is 2.84. The molecule has 22 heavy (non-hydrogen) atoms. The summed E-state index contributed by atoms with van der Waals surface area (Å²) in [6, 6.07) is 2.26. The molecule has 0 aliphatic heterocycles. The van der Waals surface area contributed by atoms with Gasteiger partial charge in [-0.2, -0.15) is 10.1 Å². The Morgan fingerprint density at radius 1 is 1.36 bits per heavy atom. The molecule has 0 amide bonds. The van der Waals surface area contributed by atoms with Gasteiger partial charge in [-0.15, -0.1) is 12.4 Å². The van der Waals surface area contributed by atoms with E-state index in [0.29, 0.717) is 18.1 Å². The fourth-order valence-corrected chi connectivity index (χ4v) is 3.20. The first kappa shape index (κ1) is 17.0. The summed E-state index contributed by atoms with van der Waals surface area (Å²) in [5, 5.41) is 8.61. The van der Waals surface area contributed by atoms with Crippen LogP contribution in [0.4, 0.5) is 0 Å². The lowest BCUT2D eigenvalue weighted by molar-refractivity contribution is 0.331. The molecule has 7 heteroatoms. The second-order valence-electron chi connectivity index (χ2n) is 6.30. The van der Waals surface area contributed by atoms with E-state index in [1.807, 2.05) is 11.6 Å². The lowest BCUT2D eigenvalue weighted by Crippen LogP contribution is -2.34. The Balaban J connectivity index is 0.00000176. The Labute approximate surface area is 136 Å². The molecular weight excluding hydrogens is 302 g/mol. The zero-order valence-corrected chi connectivity index (χ0v) is 14.2. The summed E-state index contributed by atoms with van der Waals surface area (Å²) in [5.41, 5.74) is 8.14. The first-order valence-corrected chi connectivity index (χ1v) is 7.63. The van der Waals surface area contributed by atoms with Gasteiger partial charge >= 0.3 is 0 Å². The monoisotopic (exact) mass is 325 g/mol. The van der Waals surface area contributed by atoms with Crippen molar-refractivity contribution in [2.24, 2.45) is 5.73 Å². The molecule has 6 nitrogen and oxygen atoms in total. The van der Waals surface area contributed by atoms with Crippen molar-refractivity contribution in [3.8, 4) is 0 Å². The average molecular weight is 326 g/mol. The number of aromatic nitrogens is 4. The summed E-state index contributed by atoms with van der Waals surface area (Å²) in [6.07, 6.45) is 4.84. The van der Waals surface area contributed by atoms with E-state index in [-0.39, 0.29) is 24.0 Å². The van der Waals surface area contributed by atoms with Gasteiger partial charge in [0, 0.05) is 12.1 Å². The van der Waals surface area contributed by atoms with Crippen LogP contribution in [-0.4, -0.2) is 19.9 Å². The van der Waals surface area contributed by atoms with Crippen molar-refractivity contribution in [2.45, 2.75) is 64.5 Å². The number of nitrogens with zero attached hydrogens (tertiary/aromatic N) is 4. The molecule has 3 rings (SSSR count). The van der Waals surface area contributed by atoms with E-state index in [2.05, 4.69) is 35.2 Å². The molecule has 0 radical (unpaired) electrons. The minimum atomic E-state index is -0.386. The molecular formula is C15H24ClN5O. The third kappa shape index (κ3) is 3.17. The second kappa shape index (κ2) is 6.38. The van der Waals surface area contributed by atoms with Crippen LogP contribution in [0.1, 0.15) is 61.8 Å². The average Bonchev–Trinajstić information content (AvgIpc) is 3.11. The molecule has 122 valence electrons. The standard InChI is InChI=1S/C15H23N5O.ClH/c1-10-8-11(2)20(18-10)12(3)9-13-17-14(19-21-13)15(16)6-4-5-7-15;/h8,12H,4-7,9,16H2,1-3H3;1H. The molecule has 2 aromatic heterocycles. The summed E-state index contributed by atoms with van der Waals surface area (Å²) < 4.78 is 7.41. The second-order valence-corrected chi connectivity index (χ2v) is 6.30. The van der Waals surface area contributed by atoms with Crippen LogP contribution in [-0.2, 0) is 12.0 Å². The maximum atomic E-state index is 6.36. The first-order valence-electron chi connectivity index (χ1n) is 7.63. The Kier molecular flexibility index (Phi) is 4.92. The van der Waals surface area contributed by atoms with Crippen molar-refractivity contribution in [1.82, 2.24) is 19.9 Å². The Morgan fingerprint density at radius 2 is 2.05 bits per heavy atom. The molecule has 2 aromatic rings. The normalized spacial score (nSPS) is 18.2. The maximum absolute atomic E-state index is 6.36. The van der Waals surface area contributed by atoms with Crippen LogP contribution < -0.4 is 5.73 Å². The number of halogens is 1. The van der Waals surface area contributed by atoms with E-state index in [4.69, 9.17) is 10.3 Å². The predicted molar refractivity (Wildman–Crippen MR) is 86.0 cm³/mol. The van der Waals surface area contributed by atoms with E-state index in [0.717, 1.165) is 37.1 Å². The third-order valence-corrected chi connectivity index (χ3v) is 4.34. The van der Waals surface area contributed by atoms with Gasteiger partial charge in [-0.25, -0.2) is 0 Å². The Bertz CT molecular complexity index is 630. The molecule has 1 aliphatic rings. The van der Waals surface area contributed by atoms with E-state index in [1.165, 1.54) is 0 Å². The lowest BCUT2D eigenvalue weighted by atomic mass is 9.99. The van der Waals surface area contributed by atoms with Gasteiger partial charge in [0.2, 0.25) is 5.89 Å². The molecule has 1 aliphatic carbocycles. The summed E-state index contributed by atoms with van der Waals surface area (Å²) >= 11 is 0. The van der Waals surface area contributed by atoms with Crippen molar-refractivity contribution in [3.63, 3.8) is 0 Å². The molecule has 1 atom stereocenters. The highest BCUT2D eigenvalue weighted by Gasteiger charge is 2.36. The van der Waals surface area contributed by atoms with Crippen LogP contribution in [0.5, 0.6) is 0 Å². The first-order chi connectivity index (χ1) is 9.98. The highest BCUT2D eigenvalue weighted by atomic mass is 35.5. The van der Waals surface area contributed by atoms with Crippen molar-refractivity contribution in [1.29, 1.82) is 0 Å². The number of rotatable bonds is 4. The largest absolute Gasteiger partial charge is 0.339 e. The van der Waals surface area contributed by atoms with E-state index in [9.17, 15) is 0 Å². The highest BCUT2D eigenvalue weighted by molar-refractivity contribution is 5.85. The summed E-state index contributed by atoms with van der Waals surface area (Å²) in [7, 11) is 0. The van der Waals surface area contributed by atoms with Gasteiger partial charge in [-0.1, -0.05) is 18.0 Å². The quantitative estimate of drug-likeness (QED) is 0.934. The topological polar surface area (TPSA) is 82.8 Å². The molecule has 0 saturated heterocycles. The molecule has 0 spiro atoms. The van der Waals surface area contributed by atoms with Gasteiger partial charge in [0.25, 0.3) is 0 Å². The molecule has 1 fully saturated rings. The van der Waals surface area contributed by atoms with E-state index in [1.54, 1.807) is 0 Å². The number of nitrogens with two attached hydrogens (primary N) is 1. The van der Waals surface area contributed by atoms with Crippen LogP contribution >= 0.6 is 12.4 Å². The minimum Gasteiger partial charge on any atom is -0.339 e. The Hall–Kier alpha value is -1.40. The SMILES string of the molecule is Cc1cc(C)n(C(C)Cc2nc(C3(N)CCCC3)no2)n1.Cl. The number of hydrogen-bond donors (Lipinski definition) is 1. The minimum absolute atomic E-state index is 0. The molecule has 0 bridgehead atoms. The van der Waals surface area contributed by atoms with Gasteiger partial charge in [-0.3, -0.25) is 4.68 Å². The molecule has 2 N–H and O–H groups in total. The lowest BCUT2D eigenvalue weighted by Gasteiger charge is -2.17. The van der Waals surface area contributed by atoms with E-state index < -0.39 is 0 Å². The third-order valence-electron chi connectivity index (χ3n) is 4.34. The Morgan fingerprint density at radius 3 is 2.64 bits per heavy atom. The van der Waals surface area contributed by atoms with Crippen LogP contribution in [0.25, 0.3) is 0 Å². The number of aryl methyl sites for hydroxylation is 2. The van der Waals surface area contributed by atoms with Crippen LogP contribution in [0, 0.1) is 13.8 Å². The summed E-state index contributed by atoms with van der Waals surface area (Å²) in [5.74, 6) is 1.30. The smallest absolute Gasteiger partial charge is 0.228 e. The van der Waals surface area contributed by atoms with Gasteiger partial charge < -0.3 is 10.3 Å². The van der Waals surface area contributed by atoms with Crippen LogP contribution in [0.3, 0.4) is 0 Å². The molecule has 1 saturated carbocycles. The van der Waals surface area contributed by atoms with Crippen molar-refractivity contribution in [2.75, 3.05) is 0 Å². The maximum Gasteiger partial charge on any atom is 0.228 e. The van der Waals surface area contributed by atoms with Gasteiger partial charge in [0.1, 0.15) is 0 Å². The molecule has 0 aromatic carbocycles. The van der Waals surface area contributed by atoms with Gasteiger partial charge in [-0.05, 0) is 39.7 Å². The zero-order valence-electron chi connectivity index (χ0n) is 13.4. The van der Waals surface area contributed by atoms with Gasteiger partial charge in [0.05, 0.1) is 17.3 Å². The van der Waals surface area contributed by atoms with Gasteiger partial charge in [0.15, 0.2) is 5.82 Å². The molecule has 1 unspecified atom stereocenters. The highest BCUT2D eigenvalue weighted by Crippen LogP contribution is 2.34. The summed E-state index contributed by atoms with van der Waals surface area (Å²) in [4.78, 5) is 4.52. The van der Waals surface area contributed by atoms with Crippen molar-refractivity contribution in [3.05, 3.63) is 29.2 Å². The van der Waals surface area contributed by atoms with Crippen LogP contribution in [0.15, 0.2) is 10.6 Å². The fraction of sp³-hybridized carbons (Fsp3) is 0.667. The number of hydrogen-bond acceptors (Lipinski definition) is 5. The van der Waals surface area contributed by atoms with Crippen molar-refractivity contribution < 1.29 is 4.52 Å². The molecule has 2 heterocycles. The van der Waals surface area contributed by atoms with Crippen LogP contribution in [0.2, 0.25) is 0 Å². The fourth-order valence-electron chi connectivity index (χ4n) is 3.20. The van der Waals surface area contributed by atoms with E-state index >= 15 is 0 Å².